The first-order valence-electron chi connectivity index (χ1n) is 8.92. The van der Waals surface area contributed by atoms with Crippen molar-refractivity contribution in [2.45, 2.75) is 51.9 Å². The Morgan fingerprint density at radius 1 is 1.09 bits per heavy atom. The Kier molecular flexibility index (Phi) is 4.85. The minimum atomic E-state index is -0.777. The lowest BCUT2D eigenvalue weighted by Crippen LogP contribution is -2.12. The minimum absolute atomic E-state index is 0.502. The van der Waals surface area contributed by atoms with E-state index in [1.807, 2.05) is 6.08 Å². The van der Waals surface area contributed by atoms with Crippen molar-refractivity contribution in [2.24, 2.45) is 29.6 Å². The Hall–Kier alpha value is -1.31. The molecule has 0 aromatic heterocycles. The number of carbonyl (C=O) groups is 1. The molecule has 2 fully saturated rings. The SMILES string of the molecule is C/C(=C\C1CCCCC1)C(=O)O.C1=CC2C3C=CC(C3)C2C1. The van der Waals surface area contributed by atoms with Crippen molar-refractivity contribution in [2.75, 3.05) is 0 Å². The Labute approximate surface area is 134 Å². The Morgan fingerprint density at radius 3 is 2.50 bits per heavy atom. The predicted molar refractivity (Wildman–Crippen MR) is 89.4 cm³/mol. The summed E-state index contributed by atoms with van der Waals surface area (Å²) in [5, 5.41) is 8.64. The standard InChI is InChI=1S/C10H16O2.C10H12/c1-8(10(11)12)7-9-5-3-2-4-6-9;1-2-9-7-4-5-8(6-7)10(9)3-1/h7,9H,2-6H2,1H3,(H,11,12);1-2,4-5,7-10H,3,6H2/b8-7+;. The molecule has 2 nitrogen and oxygen atoms in total. The van der Waals surface area contributed by atoms with E-state index in [1.54, 1.807) is 6.92 Å². The number of hydrogen-bond acceptors (Lipinski definition) is 1. The number of carboxylic acids is 1. The van der Waals surface area contributed by atoms with Crippen LogP contribution in [0.5, 0.6) is 0 Å². The number of allylic oxidation sites excluding steroid dienone is 5. The summed E-state index contributed by atoms with van der Waals surface area (Å²) in [5.74, 6) is 3.57. The van der Waals surface area contributed by atoms with Gasteiger partial charge in [-0.05, 0) is 62.2 Å². The molecule has 0 spiro atoms. The molecule has 0 heterocycles. The molecule has 2 saturated carbocycles. The third-order valence-corrected chi connectivity index (χ3v) is 5.93. The van der Waals surface area contributed by atoms with E-state index in [9.17, 15) is 4.79 Å². The summed E-state index contributed by atoms with van der Waals surface area (Å²) in [7, 11) is 0. The van der Waals surface area contributed by atoms with Crippen LogP contribution >= 0.6 is 0 Å². The van der Waals surface area contributed by atoms with Gasteiger partial charge in [0.25, 0.3) is 0 Å². The summed E-state index contributed by atoms with van der Waals surface area (Å²) >= 11 is 0. The second kappa shape index (κ2) is 6.85. The molecule has 0 saturated heterocycles. The maximum atomic E-state index is 10.5. The molecule has 120 valence electrons. The summed E-state index contributed by atoms with van der Waals surface area (Å²) in [5.41, 5.74) is 0.502. The average Bonchev–Trinajstić information content (AvgIpc) is 3.23. The maximum Gasteiger partial charge on any atom is 0.330 e. The van der Waals surface area contributed by atoms with E-state index in [0.29, 0.717) is 11.5 Å². The fraction of sp³-hybridized carbons (Fsp3) is 0.650. The van der Waals surface area contributed by atoms with Crippen LogP contribution in [0.4, 0.5) is 0 Å². The van der Waals surface area contributed by atoms with Gasteiger partial charge in [-0.2, -0.15) is 0 Å². The van der Waals surface area contributed by atoms with Crippen LogP contribution < -0.4 is 0 Å². The molecule has 0 aliphatic heterocycles. The van der Waals surface area contributed by atoms with Crippen LogP contribution in [0.15, 0.2) is 36.0 Å². The zero-order valence-corrected chi connectivity index (χ0v) is 13.6. The highest BCUT2D eigenvalue weighted by atomic mass is 16.4. The quantitative estimate of drug-likeness (QED) is 0.576. The lowest BCUT2D eigenvalue weighted by molar-refractivity contribution is -0.132. The molecule has 4 aliphatic carbocycles. The van der Waals surface area contributed by atoms with Gasteiger partial charge in [0.05, 0.1) is 0 Å². The van der Waals surface area contributed by atoms with Gasteiger partial charge in [0.2, 0.25) is 0 Å². The van der Waals surface area contributed by atoms with Gasteiger partial charge in [-0.25, -0.2) is 4.79 Å². The normalized spacial score (nSPS) is 36.1. The molecule has 22 heavy (non-hydrogen) atoms. The smallest absolute Gasteiger partial charge is 0.330 e. The van der Waals surface area contributed by atoms with Gasteiger partial charge in [0.1, 0.15) is 0 Å². The summed E-state index contributed by atoms with van der Waals surface area (Å²) < 4.78 is 0. The lowest BCUT2D eigenvalue weighted by atomic mass is 9.86. The molecule has 1 N–H and O–H groups in total. The highest BCUT2D eigenvalue weighted by Gasteiger charge is 2.44. The number of fused-ring (bicyclic) bond motifs is 5. The number of carboxylic acid groups (broad SMARTS) is 1. The third kappa shape index (κ3) is 3.37. The molecule has 4 atom stereocenters. The Morgan fingerprint density at radius 2 is 1.82 bits per heavy atom. The van der Waals surface area contributed by atoms with E-state index in [0.717, 1.165) is 23.7 Å². The fourth-order valence-electron chi connectivity index (χ4n) is 4.70. The monoisotopic (exact) mass is 300 g/mol. The van der Waals surface area contributed by atoms with E-state index in [4.69, 9.17) is 5.11 Å². The molecule has 0 radical (unpaired) electrons. The van der Waals surface area contributed by atoms with E-state index in [1.165, 1.54) is 44.9 Å². The average molecular weight is 300 g/mol. The zero-order chi connectivity index (χ0) is 15.5. The number of aliphatic carboxylic acids is 1. The molecule has 2 heteroatoms. The predicted octanol–water partition coefficient (Wildman–Crippen LogP) is 4.98. The lowest BCUT2D eigenvalue weighted by Gasteiger charge is -2.18. The largest absolute Gasteiger partial charge is 0.478 e. The van der Waals surface area contributed by atoms with Gasteiger partial charge in [-0.3, -0.25) is 0 Å². The maximum absolute atomic E-state index is 10.5. The Balaban J connectivity index is 0.000000132. The third-order valence-electron chi connectivity index (χ3n) is 5.93. The van der Waals surface area contributed by atoms with Crippen LogP contribution in [0.1, 0.15) is 51.9 Å². The summed E-state index contributed by atoms with van der Waals surface area (Å²) in [4.78, 5) is 10.5. The van der Waals surface area contributed by atoms with Crippen molar-refractivity contribution in [3.05, 3.63) is 36.0 Å². The first-order valence-corrected chi connectivity index (χ1v) is 8.92. The van der Waals surface area contributed by atoms with Crippen molar-refractivity contribution in [1.82, 2.24) is 0 Å². The molecular formula is C20H28O2. The molecule has 4 unspecified atom stereocenters. The van der Waals surface area contributed by atoms with Crippen LogP contribution in [-0.4, -0.2) is 11.1 Å². The van der Waals surface area contributed by atoms with Crippen LogP contribution in [0.25, 0.3) is 0 Å². The second-order valence-electron chi connectivity index (χ2n) is 7.41. The summed E-state index contributed by atoms with van der Waals surface area (Å²) in [6.45, 7) is 1.68. The van der Waals surface area contributed by atoms with Crippen molar-refractivity contribution >= 4 is 5.97 Å². The van der Waals surface area contributed by atoms with Crippen molar-refractivity contribution < 1.29 is 9.90 Å². The first kappa shape index (κ1) is 15.6. The van der Waals surface area contributed by atoms with E-state index >= 15 is 0 Å². The van der Waals surface area contributed by atoms with Gasteiger partial charge >= 0.3 is 5.97 Å². The molecule has 2 bridgehead atoms. The molecule has 4 rings (SSSR count). The summed E-state index contributed by atoms with van der Waals surface area (Å²) in [6.07, 6.45) is 20.6. The summed E-state index contributed by atoms with van der Waals surface area (Å²) in [6, 6.07) is 0. The Bertz CT molecular complexity index is 494. The van der Waals surface area contributed by atoms with Gasteiger partial charge < -0.3 is 5.11 Å². The molecule has 0 aromatic rings. The highest BCUT2D eigenvalue weighted by molar-refractivity contribution is 5.85. The van der Waals surface area contributed by atoms with Crippen molar-refractivity contribution in [3.63, 3.8) is 0 Å². The van der Waals surface area contributed by atoms with Gasteiger partial charge in [0, 0.05) is 5.57 Å². The minimum Gasteiger partial charge on any atom is -0.478 e. The van der Waals surface area contributed by atoms with Gasteiger partial charge in [-0.15, -0.1) is 0 Å². The first-order chi connectivity index (χ1) is 10.6. The van der Waals surface area contributed by atoms with Crippen LogP contribution in [0.2, 0.25) is 0 Å². The van der Waals surface area contributed by atoms with Gasteiger partial charge in [0.15, 0.2) is 0 Å². The van der Waals surface area contributed by atoms with Crippen molar-refractivity contribution in [3.8, 4) is 0 Å². The molecule has 0 amide bonds. The van der Waals surface area contributed by atoms with Crippen LogP contribution in [-0.2, 0) is 4.79 Å². The molecular weight excluding hydrogens is 272 g/mol. The molecule has 0 aromatic carbocycles. The topological polar surface area (TPSA) is 37.3 Å². The number of hydrogen-bond donors (Lipinski definition) is 1. The van der Waals surface area contributed by atoms with Crippen LogP contribution in [0.3, 0.4) is 0 Å². The van der Waals surface area contributed by atoms with Crippen LogP contribution in [0, 0.1) is 29.6 Å². The fourth-order valence-corrected chi connectivity index (χ4v) is 4.70. The van der Waals surface area contributed by atoms with E-state index in [-0.39, 0.29) is 0 Å². The van der Waals surface area contributed by atoms with E-state index in [2.05, 4.69) is 24.3 Å². The number of rotatable bonds is 2. The molecule has 4 aliphatic rings. The second-order valence-corrected chi connectivity index (χ2v) is 7.41. The van der Waals surface area contributed by atoms with Crippen molar-refractivity contribution in [1.29, 1.82) is 0 Å². The van der Waals surface area contributed by atoms with Gasteiger partial charge in [-0.1, -0.05) is 49.6 Å². The highest BCUT2D eigenvalue weighted by Crippen LogP contribution is 2.52. The van der Waals surface area contributed by atoms with E-state index < -0.39 is 5.97 Å². The zero-order valence-electron chi connectivity index (χ0n) is 13.6.